The quantitative estimate of drug-likeness (QED) is 0.532. The fourth-order valence-corrected chi connectivity index (χ4v) is 2.95. The molecule has 0 spiro atoms. The van der Waals surface area contributed by atoms with Gasteiger partial charge < -0.3 is 5.32 Å². The van der Waals surface area contributed by atoms with Gasteiger partial charge in [-0.25, -0.2) is 4.21 Å². The summed E-state index contributed by atoms with van der Waals surface area (Å²) in [6, 6.07) is 9.25. The van der Waals surface area contributed by atoms with Crippen LogP contribution in [-0.4, -0.2) is 26.7 Å². The van der Waals surface area contributed by atoms with Gasteiger partial charge in [-0.2, -0.15) is 0 Å². The lowest BCUT2D eigenvalue weighted by Crippen LogP contribution is -2.22. The van der Waals surface area contributed by atoms with Gasteiger partial charge in [-0.05, 0) is 41.0 Å². The number of anilines is 1. The smallest absolute Gasteiger partial charge is 0.261 e. The lowest BCUT2D eigenvalue weighted by Gasteiger charge is -2.17. The summed E-state index contributed by atoms with van der Waals surface area (Å²) in [6.07, 6.45) is 6.55. The fourth-order valence-electron chi connectivity index (χ4n) is 2.62. The molecule has 2 N–H and O–H groups in total. The predicted octanol–water partition coefficient (Wildman–Crippen LogP) is 3.92. The van der Waals surface area contributed by atoms with Crippen LogP contribution in [0.1, 0.15) is 43.2 Å². The summed E-state index contributed by atoms with van der Waals surface area (Å²) < 4.78 is 21.7. The first-order valence-electron chi connectivity index (χ1n) is 9.14. The molecule has 0 aliphatic rings. The van der Waals surface area contributed by atoms with Crippen LogP contribution in [0.4, 0.5) is 5.69 Å². The first kappa shape index (κ1) is 22.5. The van der Waals surface area contributed by atoms with Gasteiger partial charge in [0.1, 0.15) is 0 Å². The second-order valence-corrected chi connectivity index (χ2v) is 8.61. The third-order valence-electron chi connectivity index (χ3n) is 4.33. The second-order valence-electron chi connectivity index (χ2n) is 7.60. The summed E-state index contributed by atoms with van der Waals surface area (Å²) in [5, 5.41) is 2.82. The summed E-state index contributed by atoms with van der Waals surface area (Å²) in [7, 11) is 1.52. The molecule has 6 nitrogen and oxygen atoms in total. The van der Waals surface area contributed by atoms with E-state index in [-0.39, 0.29) is 11.3 Å². The largest absolute Gasteiger partial charge is 0.348 e. The number of amides is 1. The minimum absolute atomic E-state index is 0.0134. The van der Waals surface area contributed by atoms with Crippen LogP contribution in [0.3, 0.4) is 0 Å². The molecule has 154 valence electrons. The highest BCUT2D eigenvalue weighted by Crippen LogP contribution is 2.23. The number of hydrogen-bond donors (Lipinski definition) is 2. The summed E-state index contributed by atoms with van der Waals surface area (Å²) in [4.78, 5) is 16.6. The van der Waals surface area contributed by atoms with E-state index >= 15 is 0 Å². The van der Waals surface area contributed by atoms with Gasteiger partial charge in [0.2, 0.25) is 5.91 Å². The first-order chi connectivity index (χ1) is 13.6. The Morgan fingerprint density at radius 2 is 2.03 bits per heavy atom. The van der Waals surface area contributed by atoms with Crippen LogP contribution < -0.4 is 9.62 Å². The van der Waals surface area contributed by atoms with Crippen LogP contribution in [0.25, 0.3) is 12.2 Å². The molecule has 1 unspecified atom stereocenters. The molecule has 1 atom stereocenters. The zero-order valence-electron chi connectivity index (χ0n) is 17.2. The number of pyridine rings is 1. The Bertz CT molecular complexity index is 931. The standard InChI is InChI=1S/C22H27N3O3S/c1-6-18-13-17(7-10-19(18)25(5)29(27)28)15-24-21(26)12-9-16-8-11-20(23-14-16)22(2,3)4/h6-14H,1,15H2,2-5H3,(H,24,26)(H,27,28). The zero-order valence-corrected chi connectivity index (χ0v) is 18.0. The number of carbonyl (C=O) groups excluding carboxylic acids is 1. The van der Waals surface area contributed by atoms with Crippen molar-refractivity contribution in [3.8, 4) is 0 Å². The van der Waals surface area contributed by atoms with Crippen molar-refractivity contribution < 1.29 is 13.6 Å². The molecule has 1 aromatic carbocycles. The molecule has 2 aromatic rings. The third-order valence-corrected chi connectivity index (χ3v) is 5.00. The van der Waals surface area contributed by atoms with E-state index in [4.69, 9.17) is 0 Å². The molecule has 0 aliphatic heterocycles. The molecular weight excluding hydrogens is 386 g/mol. The van der Waals surface area contributed by atoms with E-state index in [9.17, 15) is 13.6 Å². The van der Waals surface area contributed by atoms with Gasteiger partial charge in [0.05, 0.1) is 5.69 Å². The number of nitrogens with one attached hydrogen (secondary N) is 1. The van der Waals surface area contributed by atoms with Crippen molar-refractivity contribution in [2.24, 2.45) is 0 Å². The van der Waals surface area contributed by atoms with Crippen molar-refractivity contribution in [1.29, 1.82) is 0 Å². The van der Waals surface area contributed by atoms with Crippen molar-refractivity contribution >= 4 is 35.0 Å². The van der Waals surface area contributed by atoms with Crippen LogP contribution >= 0.6 is 0 Å². The highest BCUT2D eigenvalue weighted by Gasteiger charge is 2.14. The van der Waals surface area contributed by atoms with E-state index in [0.717, 1.165) is 16.8 Å². The van der Waals surface area contributed by atoms with Gasteiger partial charge in [0.25, 0.3) is 11.3 Å². The Morgan fingerprint density at radius 3 is 2.59 bits per heavy atom. The Morgan fingerprint density at radius 1 is 1.31 bits per heavy atom. The summed E-state index contributed by atoms with van der Waals surface area (Å²) >= 11 is -2.12. The lowest BCUT2D eigenvalue weighted by atomic mass is 9.91. The van der Waals surface area contributed by atoms with Crippen LogP contribution in [0.15, 0.2) is 49.2 Å². The van der Waals surface area contributed by atoms with Gasteiger partial charge in [0.15, 0.2) is 0 Å². The predicted molar refractivity (Wildman–Crippen MR) is 120 cm³/mol. The molecule has 0 saturated heterocycles. The topological polar surface area (TPSA) is 82.5 Å². The number of benzene rings is 1. The zero-order chi connectivity index (χ0) is 21.6. The van der Waals surface area contributed by atoms with E-state index in [1.54, 1.807) is 30.5 Å². The third kappa shape index (κ3) is 6.37. The SMILES string of the molecule is C=Cc1cc(CNC(=O)C=Cc2ccc(C(C)(C)C)nc2)ccc1N(C)S(=O)O. The second kappa shape index (κ2) is 9.62. The number of nitrogens with zero attached hydrogens (tertiary/aromatic N) is 2. The summed E-state index contributed by atoms with van der Waals surface area (Å²) in [6.45, 7) is 10.4. The molecule has 7 heteroatoms. The van der Waals surface area contributed by atoms with E-state index in [1.807, 2.05) is 18.2 Å². The van der Waals surface area contributed by atoms with Gasteiger partial charge >= 0.3 is 0 Å². The Hall–Kier alpha value is -2.77. The molecule has 0 fully saturated rings. The van der Waals surface area contributed by atoms with Gasteiger partial charge in [0, 0.05) is 37.0 Å². The molecule has 1 aromatic heterocycles. The monoisotopic (exact) mass is 413 g/mol. The normalized spacial score (nSPS) is 12.6. The highest BCUT2D eigenvalue weighted by atomic mass is 32.2. The summed E-state index contributed by atoms with van der Waals surface area (Å²) in [5.41, 5.74) is 3.99. The van der Waals surface area contributed by atoms with Crippen molar-refractivity contribution in [3.63, 3.8) is 0 Å². The molecule has 0 aliphatic carbocycles. The van der Waals surface area contributed by atoms with E-state index in [0.29, 0.717) is 17.8 Å². The van der Waals surface area contributed by atoms with Crippen molar-refractivity contribution in [3.05, 3.63) is 71.6 Å². The van der Waals surface area contributed by atoms with Crippen LogP contribution in [0.2, 0.25) is 0 Å². The maximum absolute atomic E-state index is 12.1. The van der Waals surface area contributed by atoms with E-state index in [2.05, 4.69) is 37.7 Å². The maximum Gasteiger partial charge on any atom is 0.261 e. The van der Waals surface area contributed by atoms with Crippen LogP contribution in [0.5, 0.6) is 0 Å². The van der Waals surface area contributed by atoms with E-state index < -0.39 is 11.3 Å². The molecule has 0 saturated carbocycles. The minimum atomic E-state index is -2.12. The molecule has 1 heterocycles. The number of carbonyl (C=O) groups is 1. The van der Waals surface area contributed by atoms with Gasteiger partial charge in [-0.15, -0.1) is 0 Å². The summed E-state index contributed by atoms with van der Waals surface area (Å²) in [5.74, 6) is -0.220. The fraction of sp³-hybridized carbons (Fsp3) is 0.273. The Balaban J connectivity index is 1.99. The Kier molecular flexibility index (Phi) is 7.47. The highest BCUT2D eigenvalue weighted by molar-refractivity contribution is 7.80. The van der Waals surface area contributed by atoms with Crippen molar-refractivity contribution in [1.82, 2.24) is 10.3 Å². The van der Waals surface area contributed by atoms with Crippen molar-refractivity contribution in [2.45, 2.75) is 32.7 Å². The van der Waals surface area contributed by atoms with Crippen LogP contribution in [-0.2, 0) is 28.0 Å². The molecule has 0 radical (unpaired) electrons. The number of rotatable bonds is 7. The molecular formula is C22H27N3O3S. The molecule has 2 rings (SSSR count). The average molecular weight is 414 g/mol. The molecule has 1 amide bonds. The van der Waals surface area contributed by atoms with Crippen molar-refractivity contribution in [2.75, 3.05) is 11.4 Å². The number of aromatic nitrogens is 1. The number of hydrogen-bond acceptors (Lipinski definition) is 3. The van der Waals surface area contributed by atoms with Gasteiger partial charge in [-0.1, -0.05) is 45.6 Å². The molecule has 29 heavy (non-hydrogen) atoms. The Labute approximate surface area is 174 Å². The van der Waals surface area contributed by atoms with Crippen LogP contribution in [0, 0.1) is 0 Å². The molecule has 0 bridgehead atoms. The lowest BCUT2D eigenvalue weighted by molar-refractivity contribution is -0.116. The van der Waals surface area contributed by atoms with E-state index in [1.165, 1.54) is 17.4 Å². The average Bonchev–Trinajstić information content (AvgIpc) is 2.69. The first-order valence-corrected chi connectivity index (χ1v) is 10.2. The van der Waals surface area contributed by atoms with Gasteiger partial charge in [-0.3, -0.25) is 18.6 Å². The minimum Gasteiger partial charge on any atom is -0.348 e. The maximum atomic E-state index is 12.1.